The molecule has 1 heterocycles. The van der Waals surface area contributed by atoms with Crippen molar-refractivity contribution < 1.29 is 19.1 Å². The lowest BCUT2D eigenvalue weighted by Gasteiger charge is -2.07. The van der Waals surface area contributed by atoms with Crippen molar-refractivity contribution in [1.82, 2.24) is 9.99 Å². The van der Waals surface area contributed by atoms with E-state index in [1.807, 2.05) is 24.3 Å². The first kappa shape index (κ1) is 23.7. The molecule has 0 fully saturated rings. The number of nitrogens with zero attached hydrogens (tertiary/aromatic N) is 2. The smallest absolute Gasteiger partial charge is 0.275 e. The minimum atomic E-state index is -0.585. The van der Waals surface area contributed by atoms with Crippen LogP contribution in [0.5, 0.6) is 5.75 Å². The fourth-order valence-electron chi connectivity index (χ4n) is 3.36. The van der Waals surface area contributed by atoms with Crippen LogP contribution in [0.25, 0.3) is 10.9 Å². The molecule has 0 unspecified atom stereocenters. The highest BCUT2D eigenvalue weighted by molar-refractivity contribution is 9.11. The van der Waals surface area contributed by atoms with E-state index in [1.165, 1.54) is 36.5 Å². The molecule has 0 radical (unpaired) electrons. The summed E-state index contributed by atoms with van der Waals surface area (Å²) in [4.78, 5) is 25.0. The number of phenolic OH excluding ortho intramolecular Hbond substituents is 1. The lowest BCUT2D eigenvalue weighted by molar-refractivity contribution is -0.116. The van der Waals surface area contributed by atoms with Gasteiger partial charge in [-0.2, -0.15) is 5.10 Å². The highest BCUT2D eigenvalue weighted by Gasteiger charge is 2.15. The summed E-state index contributed by atoms with van der Waals surface area (Å²) in [6.07, 6.45) is 3.22. The normalized spacial score (nSPS) is 11.1. The van der Waals surface area contributed by atoms with Gasteiger partial charge in [-0.05, 0) is 58.4 Å². The van der Waals surface area contributed by atoms with E-state index in [0.717, 1.165) is 10.9 Å². The Labute approximate surface area is 210 Å². The van der Waals surface area contributed by atoms with Crippen LogP contribution in [0.1, 0.15) is 15.9 Å². The van der Waals surface area contributed by atoms with Crippen LogP contribution in [0.4, 0.5) is 10.1 Å². The number of carbonyl (C=O) groups is 2. The molecule has 0 saturated carbocycles. The van der Waals surface area contributed by atoms with Crippen LogP contribution in [0, 0.1) is 5.82 Å². The summed E-state index contributed by atoms with van der Waals surface area (Å²) in [7, 11) is 0. The van der Waals surface area contributed by atoms with Gasteiger partial charge in [0, 0.05) is 32.8 Å². The van der Waals surface area contributed by atoms with Gasteiger partial charge in [-0.15, -0.1) is 0 Å². The van der Waals surface area contributed by atoms with Crippen LogP contribution in [-0.4, -0.2) is 27.7 Å². The maximum absolute atomic E-state index is 13.1. The van der Waals surface area contributed by atoms with E-state index in [-0.39, 0.29) is 29.6 Å². The Bertz CT molecular complexity index is 1420. The van der Waals surface area contributed by atoms with Crippen LogP contribution in [0.15, 0.2) is 80.9 Å². The lowest BCUT2D eigenvalue weighted by Crippen LogP contribution is -2.18. The van der Waals surface area contributed by atoms with Crippen LogP contribution in [-0.2, 0) is 11.3 Å². The minimum absolute atomic E-state index is 0.0258. The van der Waals surface area contributed by atoms with E-state index >= 15 is 0 Å². The zero-order chi connectivity index (χ0) is 24.2. The second-order valence-electron chi connectivity index (χ2n) is 7.27. The number of hydrogen-bond donors (Lipinski definition) is 3. The molecule has 3 aromatic carbocycles. The number of phenols is 1. The standard InChI is InChI=1S/C24H17Br2FN4O3/c25-15-9-19(23(33)20(26)10-15)24(34)30-28-11-14-12-31(21-4-2-1-3-18(14)21)13-22(32)29-17-7-5-16(27)6-8-17/h1-12,33H,13H2,(H,29,32)(H,30,34). The predicted molar refractivity (Wildman–Crippen MR) is 136 cm³/mol. The topological polar surface area (TPSA) is 95.7 Å². The molecule has 7 nitrogen and oxygen atoms in total. The number of nitrogens with one attached hydrogen (secondary N) is 2. The Morgan fingerprint density at radius 1 is 1.09 bits per heavy atom. The second kappa shape index (κ2) is 10.2. The molecule has 0 aliphatic heterocycles. The number of para-hydroxylation sites is 1. The third-order valence-corrected chi connectivity index (χ3v) is 5.97. The largest absolute Gasteiger partial charge is 0.506 e. The molecule has 0 atom stereocenters. The molecule has 4 aromatic rings. The fraction of sp³-hybridized carbons (Fsp3) is 0.0417. The first-order chi connectivity index (χ1) is 16.3. The summed E-state index contributed by atoms with van der Waals surface area (Å²) in [5, 5.41) is 17.7. The second-order valence-corrected chi connectivity index (χ2v) is 9.04. The fourth-order valence-corrected chi connectivity index (χ4v) is 4.58. The number of aromatic nitrogens is 1. The number of aromatic hydroxyl groups is 1. The van der Waals surface area contributed by atoms with Crippen molar-refractivity contribution in [3.8, 4) is 5.75 Å². The molecule has 0 spiro atoms. The number of hydrazone groups is 1. The lowest BCUT2D eigenvalue weighted by atomic mass is 10.2. The zero-order valence-corrected chi connectivity index (χ0v) is 20.6. The van der Waals surface area contributed by atoms with E-state index < -0.39 is 5.91 Å². The number of carbonyl (C=O) groups excluding carboxylic acids is 2. The van der Waals surface area contributed by atoms with Crippen molar-refractivity contribution >= 4 is 66.5 Å². The Kier molecular flexibility index (Phi) is 7.09. The average molecular weight is 588 g/mol. The summed E-state index contributed by atoms with van der Waals surface area (Å²) in [5.74, 6) is -1.44. The van der Waals surface area contributed by atoms with Crippen molar-refractivity contribution in [2.45, 2.75) is 6.54 Å². The summed E-state index contributed by atoms with van der Waals surface area (Å²) >= 11 is 6.47. The van der Waals surface area contributed by atoms with Crippen molar-refractivity contribution in [1.29, 1.82) is 0 Å². The average Bonchev–Trinajstić information content (AvgIpc) is 3.15. The highest BCUT2D eigenvalue weighted by Crippen LogP contribution is 2.31. The quantitative estimate of drug-likeness (QED) is 0.208. The molecule has 0 saturated heterocycles. The summed E-state index contributed by atoms with van der Waals surface area (Å²) in [6, 6.07) is 16.1. The van der Waals surface area contributed by atoms with Gasteiger partial charge in [0.1, 0.15) is 18.1 Å². The Morgan fingerprint density at radius 2 is 1.82 bits per heavy atom. The van der Waals surface area contributed by atoms with Crippen LogP contribution in [0.2, 0.25) is 0 Å². The summed E-state index contributed by atoms with van der Waals surface area (Å²) < 4.78 is 15.8. The first-order valence-corrected chi connectivity index (χ1v) is 11.5. The number of anilines is 1. The van der Waals surface area contributed by atoms with Crippen molar-refractivity contribution in [3.63, 3.8) is 0 Å². The van der Waals surface area contributed by atoms with Gasteiger partial charge in [0.15, 0.2) is 0 Å². The Balaban J connectivity index is 1.51. The highest BCUT2D eigenvalue weighted by atomic mass is 79.9. The predicted octanol–water partition coefficient (Wildman–Crippen LogP) is 5.41. The number of rotatable bonds is 6. The molecule has 34 heavy (non-hydrogen) atoms. The van der Waals surface area contributed by atoms with Gasteiger partial charge in [0.2, 0.25) is 5.91 Å². The van der Waals surface area contributed by atoms with Gasteiger partial charge in [-0.1, -0.05) is 34.1 Å². The summed E-state index contributed by atoms with van der Waals surface area (Å²) in [5.41, 5.74) is 4.44. The van der Waals surface area contributed by atoms with Crippen molar-refractivity contribution in [3.05, 3.63) is 92.8 Å². The Morgan fingerprint density at radius 3 is 2.59 bits per heavy atom. The maximum atomic E-state index is 13.1. The van der Waals surface area contributed by atoms with Crippen LogP contribution < -0.4 is 10.7 Å². The number of fused-ring (bicyclic) bond motifs is 1. The zero-order valence-electron chi connectivity index (χ0n) is 17.4. The number of benzene rings is 3. The Hall–Kier alpha value is -3.50. The molecule has 0 bridgehead atoms. The number of amides is 2. The number of halogens is 3. The molecule has 4 rings (SSSR count). The molecule has 1 aromatic heterocycles. The molecule has 0 aliphatic carbocycles. The maximum Gasteiger partial charge on any atom is 0.275 e. The van der Waals surface area contributed by atoms with E-state index in [0.29, 0.717) is 20.2 Å². The molecular formula is C24H17Br2FN4O3. The van der Waals surface area contributed by atoms with Crippen molar-refractivity contribution in [2.24, 2.45) is 5.10 Å². The summed E-state index contributed by atoms with van der Waals surface area (Å²) in [6.45, 7) is 0.0258. The van der Waals surface area contributed by atoms with Gasteiger partial charge in [0.05, 0.1) is 16.3 Å². The van der Waals surface area contributed by atoms with Crippen LogP contribution in [0.3, 0.4) is 0 Å². The van der Waals surface area contributed by atoms with E-state index in [4.69, 9.17) is 0 Å². The monoisotopic (exact) mass is 586 g/mol. The molecular weight excluding hydrogens is 571 g/mol. The molecule has 0 aliphatic rings. The van der Waals surface area contributed by atoms with Gasteiger partial charge in [0.25, 0.3) is 5.91 Å². The van der Waals surface area contributed by atoms with Gasteiger partial charge >= 0.3 is 0 Å². The van der Waals surface area contributed by atoms with Crippen LogP contribution >= 0.6 is 31.9 Å². The first-order valence-electron chi connectivity index (χ1n) is 9.96. The molecule has 10 heteroatoms. The SMILES string of the molecule is O=C(Cn1cc(C=NNC(=O)c2cc(Br)cc(Br)c2O)c2ccccc21)Nc1ccc(F)cc1. The third-order valence-electron chi connectivity index (χ3n) is 4.90. The van der Waals surface area contributed by atoms with Gasteiger partial charge in [-0.25, -0.2) is 9.82 Å². The minimum Gasteiger partial charge on any atom is -0.506 e. The van der Waals surface area contributed by atoms with E-state index in [2.05, 4.69) is 47.7 Å². The third kappa shape index (κ3) is 5.35. The van der Waals surface area contributed by atoms with Gasteiger partial charge < -0.3 is 15.0 Å². The van der Waals surface area contributed by atoms with E-state index in [9.17, 15) is 19.1 Å². The van der Waals surface area contributed by atoms with E-state index in [1.54, 1.807) is 16.8 Å². The number of hydrogen-bond acceptors (Lipinski definition) is 4. The molecule has 172 valence electrons. The molecule has 3 N–H and O–H groups in total. The molecule has 2 amide bonds. The van der Waals surface area contributed by atoms with Crippen molar-refractivity contribution in [2.75, 3.05) is 5.32 Å². The van der Waals surface area contributed by atoms with Gasteiger partial charge in [-0.3, -0.25) is 9.59 Å².